The quantitative estimate of drug-likeness (QED) is 0.436. The molecule has 6 nitrogen and oxygen atoms in total. The molecule has 6 heteroatoms. The molecule has 0 saturated heterocycles. The largest absolute Gasteiger partial charge is 0.361 e. The number of fused-ring (bicyclic) bond motifs is 1. The number of carbonyl (C=O) groups is 1. The summed E-state index contributed by atoms with van der Waals surface area (Å²) in [5.41, 5.74) is 5.73. The van der Waals surface area contributed by atoms with Crippen molar-refractivity contribution in [1.82, 2.24) is 20.3 Å². The molecule has 0 atom stereocenters. The van der Waals surface area contributed by atoms with Crippen molar-refractivity contribution in [3.63, 3.8) is 0 Å². The molecular weight excluding hydrogens is 374 g/mol. The number of hydrogen-bond acceptors (Lipinski definition) is 4. The van der Waals surface area contributed by atoms with Crippen LogP contribution in [0.1, 0.15) is 32.9 Å². The zero-order valence-corrected chi connectivity index (χ0v) is 17.2. The molecule has 0 aliphatic heterocycles. The fourth-order valence-electron chi connectivity index (χ4n) is 3.39. The second-order valence-electron chi connectivity index (χ2n) is 7.42. The number of benzene rings is 2. The molecule has 0 aliphatic rings. The summed E-state index contributed by atoms with van der Waals surface area (Å²) in [6.45, 7) is 5.05. The van der Waals surface area contributed by atoms with Gasteiger partial charge in [0.15, 0.2) is 0 Å². The Bertz CT molecular complexity index is 1160. The van der Waals surface area contributed by atoms with Gasteiger partial charge in [-0.2, -0.15) is 0 Å². The molecule has 0 radical (unpaired) electrons. The Morgan fingerprint density at radius 2 is 1.83 bits per heavy atom. The fourth-order valence-corrected chi connectivity index (χ4v) is 3.39. The molecule has 0 aliphatic carbocycles. The van der Waals surface area contributed by atoms with Crippen LogP contribution >= 0.6 is 0 Å². The number of aryl methyl sites for hydroxylation is 2. The van der Waals surface area contributed by atoms with E-state index in [4.69, 9.17) is 0 Å². The SMILES string of the molecule is Cc1ccc(CNC(=O)c2cc(C)nc(NCCc3c[nH]c4ccccc34)n2)cc1. The molecule has 30 heavy (non-hydrogen) atoms. The van der Waals surface area contributed by atoms with Gasteiger partial charge in [0.25, 0.3) is 5.91 Å². The molecule has 0 bridgehead atoms. The van der Waals surface area contributed by atoms with Crippen LogP contribution in [0.5, 0.6) is 0 Å². The van der Waals surface area contributed by atoms with Crippen molar-refractivity contribution in [2.24, 2.45) is 0 Å². The van der Waals surface area contributed by atoms with Crippen molar-refractivity contribution in [2.45, 2.75) is 26.8 Å². The van der Waals surface area contributed by atoms with Gasteiger partial charge in [0.2, 0.25) is 5.95 Å². The fraction of sp³-hybridized carbons (Fsp3) is 0.208. The molecule has 1 amide bonds. The maximum absolute atomic E-state index is 12.6. The highest BCUT2D eigenvalue weighted by Gasteiger charge is 2.11. The van der Waals surface area contributed by atoms with Gasteiger partial charge >= 0.3 is 0 Å². The molecule has 2 aromatic heterocycles. The van der Waals surface area contributed by atoms with Crippen molar-refractivity contribution in [1.29, 1.82) is 0 Å². The summed E-state index contributed by atoms with van der Waals surface area (Å²) in [7, 11) is 0. The average molecular weight is 399 g/mol. The van der Waals surface area contributed by atoms with Gasteiger partial charge in [-0.3, -0.25) is 4.79 Å². The highest BCUT2D eigenvalue weighted by atomic mass is 16.1. The lowest BCUT2D eigenvalue weighted by Gasteiger charge is -2.09. The number of aromatic amines is 1. The van der Waals surface area contributed by atoms with E-state index in [-0.39, 0.29) is 5.91 Å². The number of rotatable bonds is 7. The number of nitrogens with zero attached hydrogens (tertiary/aromatic N) is 2. The Labute approximate surface area is 175 Å². The van der Waals surface area contributed by atoms with Crippen molar-refractivity contribution in [3.8, 4) is 0 Å². The number of nitrogens with one attached hydrogen (secondary N) is 3. The number of H-pyrrole nitrogens is 1. The Morgan fingerprint density at radius 3 is 2.67 bits per heavy atom. The highest BCUT2D eigenvalue weighted by Crippen LogP contribution is 2.18. The minimum Gasteiger partial charge on any atom is -0.361 e. The van der Waals surface area contributed by atoms with Gasteiger partial charge in [-0.1, -0.05) is 48.0 Å². The van der Waals surface area contributed by atoms with Crippen LogP contribution < -0.4 is 10.6 Å². The van der Waals surface area contributed by atoms with Crippen LogP contribution in [0, 0.1) is 13.8 Å². The molecule has 0 spiro atoms. The van der Waals surface area contributed by atoms with E-state index < -0.39 is 0 Å². The van der Waals surface area contributed by atoms with Gasteiger partial charge < -0.3 is 15.6 Å². The Morgan fingerprint density at radius 1 is 1.03 bits per heavy atom. The van der Waals surface area contributed by atoms with Gasteiger partial charge in [0.1, 0.15) is 5.69 Å². The van der Waals surface area contributed by atoms with E-state index in [9.17, 15) is 4.79 Å². The summed E-state index contributed by atoms with van der Waals surface area (Å²) in [6.07, 6.45) is 2.86. The first kappa shape index (κ1) is 19.6. The summed E-state index contributed by atoms with van der Waals surface area (Å²) in [5.74, 6) is 0.260. The molecule has 2 aromatic carbocycles. The van der Waals surface area contributed by atoms with Crippen LogP contribution in [-0.2, 0) is 13.0 Å². The van der Waals surface area contributed by atoms with Crippen molar-refractivity contribution in [2.75, 3.05) is 11.9 Å². The number of amides is 1. The first-order valence-electron chi connectivity index (χ1n) is 10.1. The van der Waals surface area contributed by atoms with Crippen LogP contribution in [0.4, 0.5) is 5.95 Å². The first-order chi connectivity index (χ1) is 14.6. The second kappa shape index (κ2) is 8.78. The maximum Gasteiger partial charge on any atom is 0.270 e. The normalized spacial score (nSPS) is 10.9. The molecule has 152 valence electrons. The minimum absolute atomic E-state index is 0.208. The van der Waals surface area contributed by atoms with E-state index in [1.54, 1.807) is 6.07 Å². The van der Waals surface area contributed by atoms with Gasteiger partial charge in [0, 0.05) is 35.9 Å². The third kappa shape index (κ3) is 4.66. The third-order valence-electron chi connectivity index (χ3n) is 5.01. The molecule has 3 N–H and O–H groups in total. The van der Waals surface area contributed by atoms with Gasteiger partial charge in [-0.15, -0.1) is 0 Å². The van der Waals surface area contributed by atoms with Crippen LogP contribution in [0.2, 0.25) is 0 Å². The molecule has 2 heterocycles. The molecular formula is C24H25N5O. The predicted octanol–water partition coefficient (Wildman–Crippen LogP) is 4.16. The van der Waals surface area contributed by atoms with Crippen LogP contribution in [0.15, 0.2) is 60.8 Å². The maximum atomic E-state index is 12.6. The van der Waals surface area contributed by atoms with Crippen molar-refractivity contribution < 1.29 is 4.79 Å². The smallest absolute Gasteiger partial charge is 0.270 e. The van der Waals surface area contributed by atoms with Gasteiger partial charge in [0.05, 0.1) is 0 Å². The average Bonchev–Trinajstić information content (AvgIpc) is 3.16. The van der Waals surface area contributed by atoms with E-state index in [2.05, 4.69) is 37.7 Å². The van der Waals surface area contributed by atoms with E-state index in [0.717, 1.165) is 23.2 Å². The van der Waals surface area contributed by atoms with Crippen molar-refractivity contribution >= 4 is 22.8 Å². The Hall–Kier alpha value is -3.67. The second-order valence-corrected chi connectivity index (χ2v) is 7.42. The lowest BCUT2D eigenvalue weighted by atomic mass is 10.1. The molecule has 0 unspecified atom stereocenters. The number of carbonyl (C=O) groups excluding carboxylic acids is 1. The zero-order valence-electron chi connectivity index (χ0n) is 17.2. The number of para-hydroxylation sites is 1. The Balaban J connectivity index is 1.37. The van der Waals surface area contributed by atoms with Crippen LogP contribution in [-0.4, -0.2) is 27.4 Å². The van der Waals surface area contributed by atoms with E-state index in [1.807, 2.05) is 56.4 Å². The van der Waals surface area contributed by atoms with E-state index in [0.29, 0.717) is 24.7 Å². The lowest BCUT2D eigenvalue weighted by Crippen LogP contribution is -2.24. The zero-order chi connectivity index (χ0) is 20.9. The van der Waals surface area contributed by atoms with E-state index in [1.165, 1.54) is 16.5 Å². The van der Waals surface area contributed by atoms with Crippen molar-refractivity contribution in [3.05, 3.63) is 88.9 Å². The summed E-state index contributed by atoms with van der Waals surface area (Å²) < 4.78 is 0. The predicted molar refractivity (Wildman–Crippen MR) is 120 cm³/mol. The summed E-state index contributed by atoms with van der Waals surface area (Å²) >= 11 is 0. The van der Waals surface area contributed by atoms with E-state index >= 15 is 0 Å². The molecule has 4 aromatic rings. The summed E-state index contributed by atoms with van der Waals surface area (Å²) in [4.78, 5) is 24.7. The lowest BCUT2D eigenvalue weighted by molar-refractivity contribution is 0.0945. The number of hydrogen-bond donors (Lipinski definition) is 3. The number of aromatic nitrogens is 3. The Kier molecular flexibility index (Phi) is 5.75. The molecule has 0 saturated carbocycles. The monoisotopic (exact) mass is 399 g/mol. The van der Waals surface area contributed by atoms with Gasteiger partial charge in [-0.05, 0) is 43.5 Å². The van der Waals surface area contributed by atoms with Crippen LogP contribution in [0.25, 0.3) is 10.9 Å². The minimum atomic E-state index is -0.208. The topological polar surface area (TPSA) is 82.7 Å². The summed E-state index contributed by atoms with van der Waals surface area (Å²) in [5, 5.41) is 7.40. The summed E-state index contributed by atoms with van der Waals surface area (Å²) in [6, 6.07) is 18.0. The highest BCUT2D eigenvalue weighted by molar-refractivity contribution is 5.92. The third-order valence-corrected chi connectivity index (χ3v) is 5.01. The van der Waals surface area contributed by atoms with Gasteiger partial charge in [-0.25, -0.2) is 9.97 Å². The first-order valence-corrected chi connectivity index (χ1v) is 10.1. The number of anilines is 1. The molecule has 4 rings (SSSR count). The standard InChI is InChI=1S/C24H25N5O/c1-16-7-9-18(10-8-16)14-27-23(30)22-13-17(2)28-24(29-22)25-12-11-19-15-26-21-6-4-3-5-20(19)21/h3-10,13,15,26H,11-12,14H2,1-2H3,(H,27,30)(H,25,28,29). The molecule has 0 fully saturated rings. The van der Waals surface area contributed by atoms with Crippen LogP contribution in [0.3, 0.4) is 0 Å².